The van der Waals surface area contributed by atoms with E-state index in [0.29, 0.717) is 9.99 Å². The number of aldehydes is 1. The van der Waals surface area contributed by atoms with Gasteiger partial charge in [0.2, 0.25) is 0 Å². The highest BCUT2D eigenvalue weighted by Crippen LogP contribution is 2.20. The van der Waals surface area contributed by atoms with Gasteiger partial charge in [-0.2, -0.15) is 0 Å². The van der Waals surface area contributed by atoms with Crippen molar-refractivity contribution >= 4 is 28.9 Å². The molecule has 0 fully saturated rings. The van der Waals surface area contributed by atoms with Gasteiger partial charge in [0, 0.05) is 5.56 Å². The van der Waals surface area contributed by atoms with E-state index in [1.165, 1.54) is 6.07 Å². The van der Waals surface area contributed by atoms with E-state index in [1.807, 2.05) is 0 Å². The van der Waals surface area contributed by atoms with Gasteiger partial charge in [-0.15, -0.1) is 0 Å². The number of halogens is 3. The SMILES string of the molecule is O=Cc1cc(C(F)F)cc(I)n1. The van der Waals surface area contributed by atoms with Gasteiger partial charge >= 0.3 is 0 Å². The largest absolute Gasteiger partial charge is 0.296 e. The number of hydrogen-bond donors (Lipinski definition) is 0. The third kappa shape index (κ3) is 2.20. The van der Waals surface area contributed by atoms with E-state index >= 15 is 0 Å². The quantitative estimate of drug-likeness (QED) is 0.474. The molecule has 0 atom stereocenters. The third-order valence-electron chi connectivity index (χ3n) is 1.21. The van der Waals surface area contributed by atoms with Gasteiger partial charge in [0.1, 0.15) is 9.39 Å². The molecule has 12 heavy (non-hydrogen) atoms. The van der Waals surface area contributed by atoms with Crippen molar-refractivity contribution in [1.29, 1.82) is 0 Å². The van der Waals surface area contributed by atoms with Crippen LogP contribution in [0.3, 0.4) is 0 Å². The second kappa shape index (κ2) is 3.88. The molecule has 0 aliphatic carbocycles. The predicted octanol–water partition coefficient (Wildman–Crippen LogP) is 2.44. The Bertz CT molecular complexity index is 303. The van der Waals surface area contributed by atoms with E-state index in [9.17, 15) is 13.6 Å². The van der Waals surface area contributed by atoms with Gasteiger partial charge in [0.15, 0.2) is 6.29 Å². The monoisotopic (exact) mass is 283 g/mol. The molecule has 0 saturated carbocycles. The average molecular weight is 283 g/mol. The summed E-state index contributed by atoms with van der Waals surface area (Å²) in [7, 11) is 0. The topological polar surface area (TPSA) is 30.0 Å². The first-order valence-electron chi connectivity index (χ1n) is 3.04. The lowest BCUT2D eigenvalue weighted by Crippen LogP contribution is -1.94. The van der Waals surface area contributed by atoms with Gasteiger partial charge in [-0.1, -0.05) is 0 Å². The predicted molar refractivity (Wildman–Crippen MR) is 47.3 cm³/mol. The summed E-state index contributed by atoms with van der Waals surface area (Å²) in [6.07, 6.45) is -2.10. The molecule has 0 amide bonds. The summed E-state index contributed by atoms with van der Waals surface area (Å²) in [4.78, 5) is 13.9. The minimum absolute atomic E-state index is 0.0391. The molecule has 5 heteroatoms. The standard InChI is InChI=1S/C7H4F2INO/c8-7(9)4-1-5(3-12)11-6(10)2-4/h1-3,7H. The Morgan fingerprint density at radius 2 is 2.17 bits per heavy atom. The summed E-state index contributed by atoms with van der Waals surface area (Å²) in [5.74, 6) is 0. The van der Waals surface area contributed by atoms with E-state index < -0.39 is 6.43 Å². The Labute approximate surface area is 81.1 Å². The molecule has 0 bridgehead atoms. The average Bonchev–Trinajstić information content (AvgIpc) is 2.03. The molecule has 0 aliphatic rings. The maximum Gasteiger partial charge on any atom is 0.264 e. The molecule has 0 spiro atoms. The summed E-state index contributed by atoms with van der Waals surface area (Å²) in [6.45, 7) is 0. The highest BCUT2D eigenvalue weighted by Gasteiger charge is 2.09. The van der Waals surface area contributed by atoms with Crippen LogP contribution in [0.1, 0.15) is 22.5 Å². The smallest absolute Gasteiger partial charge is 0.264 e. The van der Waals surface area contributed by atoms with Gasteiger partial charge in [0.25, 0.3) is 6.43 Å². The van der Waals surface area contributed by atoms with Gasteiger partial charge in [-0.3, -0.25) is 4.79 Å². The van der Waals surface area contributed by atoms with Crippen LogP contribution < -0.4 is 0 Å². The van der Waals surface area contributed by atoms with Crippen LogP contribution in [0.25, 0.3) is 0 Å². The van der Waals surface area contributed by atoms with Crippen LogP contribution in [0.2, 0.25) is 0 Å². The minimum Gasteiger partial charge on any atom is -0.296 e. The zero-order valence-electron chi connectivity index (χ0n) is 5.80. The summed E-state index contributed by atoms with van der Waals surface area (Å²) < 4.78 is 24.6. The van der Waals surface area contributed by atoms with Gasteiger partial charge < -0.3 is 0 Å². The van der Waals surface area contributed by atoms with Gasteiger partial charge in [-0.05, 0) is 34.7 Å². The number of rotatable bonds is 2. The van der Waals surface area contributed by atoms with Crippen molar-refractivity contribution in [2.75, 3.05) is 0 Å². The van der Waals surface area contributed by atoms with E-state index in [0.717, 1.165) is 6.07 Å². The molecule has 1 rings (SSSR count). The van der Waals surface area contributed by atoms with E-state index in [2.05, 4.69) is 4.98 Å². The zero-order valence-corrected chi connectivity index (χ0v) is 7.96. The fraction of sp³-hybridized carbons (Fsp3) is 0.143. The lowest BCUT2D eigenvalue weighted by molar-refractivity contribution is 0.111. The molecule has 1 heterocycles. The summed E-state index contributed by atoms with van der Waals surface area (Å²) in [5.41, 5.74) is -0.131. The maximum atomic E-state index is 12.1. The molecular weight excluding hydrogens is 279 g/mol. The van der Waals surface area contributed by atoms with Crippen LogP contribution >= 0.6 is 22.6 Å². The Morgan fingerprint density at radius 3 is 2.67 bits per heavy atom. The molecule has 2 nitrogen and oxygen atoms in total. The lowest BCUT2D eigenvalue weighted by atomic mass is 10.2. The van der Waals surface area contributed by atoms with Gasteiger partial charge in [0.05, 0.1) is 0 Å². The number of carbonyl (C=O) groups is 1. The maximum absolute atomic E-state index is 12.1. The third-order valence-corrected chi connectivity index (χ3v) is 1.76. The lowest BCUT2D eigenvalue weighted by Gasteiger charge is -2.00. The second-order valence-electron chi connectivity index (χ2n) is 2.07. The highest BCUT2D eigenvalue weighted by molar-refractivity contribution is 14.1. The molecule has 0 radical (unpaired) electrons. The molecule has 0 saturated heterocycles. The van der Waals surface area contributed by atoms with Crippen molar-refractivity contribution in [2.24, 2.45) is 0 Å². The molecule has 1 aromatic heterocycles. The highest BCUT2D eigenvalue weighted by atomic mass is 127. The first kappa shape index (κ1) is 9.50. The van der Waals surface area contributed by atoms with Crippen LogP contribution in [0.15, 0.2) is 12.1 Å². The Hall–Kier alpha value is -0.590. The van der Waals surface area contributed by atoms with Crippen molar-refractivity contribution in [3.63, 3.8) is 0 Å². The van der Waals surface area contributed by atoms with Crippen LogP contribution in [-0.4, -0.2) is 11.3 Å². The van der Waals surface area contributed by atoms with Crippen molar-refractivity contribution < 1.29 is 13.6 Å². The molecule has 1 aromatic rings. The Kier molecular flexibility index (Phi) is 3.07. The van der Waals surface area contributed by atoms with E-state index in [4.69, 9.17) is 0 Å². The first-order valence-corrected chi connectivity index (χ1v) is 4.12. The summed E-state index contributed by atoms with van der Waals surface area (Å²) >= 11 is 1.78. The summed E-state index contributed by atoms with van der Waals surface area (Å²) in [5, 5.41) is 0. The number of pyridine rings is 1. The van der Waals surface area contributed by atoms with Gasteiger partial charge in [-0.25, -0.2) is 13.8 Å². The van der Waals surface area contributed by atoms with E-state index in [1.54, 1.807) is 22.6 Å². The van der Waals surface area contributed by atoms with Crippen molar-refractivity contribution in [2.45, 2.75) is 6.43 Å². The van der Waals surface area contributed by atoms with Crippen molar-refractivity contribution in [3.8, 4) is 0 Å². The van der Waals surface area contributed by atoms with Crippen molar-refractivity contribution in [3.05, 3.63) is 27.1 Å². The number of hydrogen-bond acceptors (Lipinski definition) is 2. The first-order chi connectivity index (χ1) is 5.63. The molecule has 0 N–H and O–H groups in total. The molecule has 0 aromatic carbocycles. The van der Waals surface area contributed by atoms with Crippen LogP contribution in [0, 0.1) is 3.70 Å². The zero-order chi connectivity index (χ0) is 9.14. The Balaban J connectivity index is 3.14. The molecular formula is C7H4F2INO. The second-order valence-corrected chi connectivity index (χ2v) is 3.17. The number of nitrogens with zero attached hydrogens (tertiary/aromatic N) is 1. The molecule has 0 aliphatic heterocycles. The van der Waals surface area contributed by atoms with E-state index in [-0.39, 0.29) is 11.3 Å². The number of carbonyl (C=O) groups excluding carboxylic acids is 1. The van der Waals surface area contributed by atoms with Crippen molar-refractivity contribution in [1.82, 2.24) is 4.98 Å². The fourth-order valence-electron chi connectivity index (χ4n) is 0.724. The van der Waals surface area contributed by atoms with Crippen LogP contribution in [0.5, 0.6) is 0 Å². The summed E-state index contributed by atoms with van der Waals surface area (Å²) in [6, 6.07) is 2.33. The normalized spacial score (nSPS) is 10.3. The van der Waals surface area contributed by atoms with Crippen LogP contribution in [-0.2, 0) is 0 Å². The van der Waals surface area contributed by atoms with Crippen LogP contribution in [0.4, 0.5) is 8.78 Å². The molecule has 0 unspecified atom stereocenters. The fourth-order valence-corrected chi connectivity index (χ4v) is 1.36. The minimum atomic E-state index is -2.56. The number of alkyl halides is 2. The molecule has 64 valence electrons. The Morgan fingerprint density at radius 1 is 1.50 bits per heavy atom. The number of aromatic nitrogens is 1.